The Bertz CT molecular complexity index is 798. The number of fused-ring (bicyclic) bond motifs is 1. The molecule has 1 aromatic heterocycles. The van der Waals surface area contributed by atoms with Gasteiger partial charge in [-0.25, -0.2) is 4.39 Å². The molecule has 1 heterocycles. The lowest BCUT2D eigenvalue weighted by molar-refractivity contribution is 0.152. The van der Waals surface area contributed by atoms with Crippen LogP contribution in [0.25, 0.3) is 11.0 Å². The molecule has 0 saturated heterocycles. The van der Waals surface area contributed by atoms with E-state index in [2.05, 4.69) is 0 Å². The third kappa shape index (κ3) is 2.91. The van der Waals surface area contributed by atoms with Crippen LogP contribution < -0.4 is 0 Å². The van der Waals surface area contributed by atoms with Gasteiger partial charge in [0.1, 0.15) is 11.9 Å². The van der Waals surface area contributed by atoms with Gasteiger partial charge in [-0.3, -0.25) is 0 Å². The van der Waals surface area contributed by atoms with Gasteiger partial charge < -0.3 is 9.52 Å². The number of benzene rings is 2. The Morgan fingerprint density at radius 2 is 1.90 bits per heavy atom. The summed E-state index contributed by atoms with van der Waals surface area (Å²) in [4.78, 5) is 0. The van der Waals surface area contributed by atoms with E-state index in [4.69, 9.17) is 27.6 Å². The summed E-state index contributed by atoms with van der Waals surface area (Å²) in [6.07, 6.45) is -0.577. The highest BCUT2D eigenvalue weighted by Crippen LogP contribution is 2.29. The van der Waals surface area contributed by atoms with Gasteiger partial charge in [-0.15, -0.1) is 0 Å². The number of rotatable bonds is 3. The molecule has 5 heteroatoms. The summed E-state index contributed by atoms with van der Waals surface area (Å²) in [7, 11) is 0. The highest BCUT2D eigenvalue weighted by atomic mass is 35.5. The van der Waals surface area contributed by atoms with Crippen LogP contribution in [0.5, 0.6) is 0 Å². The van der Waals surface area contributed by atoms with Gasteiger partial charge in [-0.05, 0) is 29.8 Å². The summed E-state index contributed by atoms with van der Waals surface area (Å²) in [5.74, 6) is -0.123. The molecule has 0 fully saturated rings. The van der Waals surface area contributed by atoms with Crippen LogP contribution in [-0.4, -0.2) is 5.11 Å². The Hall–Kier alpha value is -1.55. The van der Waals surface area contributed by atoms with Crippen molar-refractivity contribution in [2.24, 2.45) is 0 Å². The second-order valence-electron chi connectivity index (χ2n) is 4.78. The van der Waals surface area contributed by atoms with Crippen LogP contribution in [0, 0.1) is 5.82 Å². The summed E-state index contributed by atoms with van der Waals surface area (Å²) in [6.45, 7) is 0. The van der Waals surface area contributed by atoms with Crippen LogP contribution in [-0.2, 0) is 6.42 Å². The Kier molecular flexibility index (Phi) is 3.89. The predicted molar refractivity (Wildman–Crippen MR) is 81.3 cm³/mol. The minimum atomic E-state index is -0.881. The monoisotopic (exact) mass is 324 g/mol. The molecule has 3 rings (SSSR count). The van der Waals surface area contributed by atoms with Crippen molar-refractivity contribution in [1.29, 1.82) is 0 Å². The van der Waals surface area contributed by atoms with Gasteiger partial charge in [0.15, 0.2) is 11.4 Å². The number of furan rings is 1. The van der Waals surface area contributed by atoms with E-state index in [9.17, 15) is 9.50 Å². The quantitative estimate of drug-likeness (QED) is 0.722. The number of para-hydroxylation sites is 1. The molecular formula is C16H11Cl2FO2. The van der Waals surface area contributed by atoms with Crippen LogP contribution in [0.2, 0.25) is 10.0 Å². The summed E-state index contributed by atoms with van der Waals surface area (Å²) in [5.41, 5.74) is 0.971. The van der Waals surface area contributed by atoms with Gasteiger partial charge in [-0.1, -0.05) is 41.4 Å². The zero-order valence-electron chi connectivity index (χ0n) is 10.8. The summed E-state index contributed by atoms with van der Waals surface area (Å²) < 4.78 is 19.0. The van der Waals surface area contributed by atoms with Gasteiger partial charge >= 0.3 is 0 Å². The maximum absolute atomic E-state index is 13.6. The minimum absolute atomic E-state index is 0.153. The van der Waals surface area contributed by atoms with E-state index in [0.717, 1.165) is 5.56 Å². The van der Waals surface area contributed by atoms with Crippen molar-refractivity contribution < 1.29 is 13.9 Å². The van der Waals surface area contributed by atoms with Crippen LogP contribution >= 0.6 is 23.2 Å². The molecule has 1 unspecified atom stereocenters. The molecule has 0 spiro atoms. The maximum Gasteiger partial charge on any atom is 0.170 e. The van der Waals surface area contributed by atoms with E-state index >= 15 is 0 Å². The number of aliphatic hydroxyl groups excluding tert-OH is 1. The molecule has 1 atom stereocenters. The van der Waals surface area contributed by atoms with Gasteiger partial charge in [0.2, 0.25) is 0 Å². The van der Waals surface area contributed by atoms with Crippen molar-refractivity contribution in [3.8, 4) is 0 Å². The number of aliphatic hydroxyl groups is 1. The van der Waals surface area contributed by atoms with E-state index in [-0.39, 0.29) is 5.58 Å². The van der Waals surface area contributed by atoms with Crippen molar-refractivity contribution in [3.05, 3.63) is 69.7 Å². The SMILES string of the molecule is OC(Cc1ccc(Cl)c(Cl)c1)c1cc2cccc(F)c2o1. The molecule has 0 aliphatic carbocycles. The molecule has 108 valence electrons. The van der Waals surface area contributed by atoms with Crippen molar-refractivity contribution in [3.63, 3.8) is 0 Å². The fourth-order valence-corrected chi connectivity index (χ4v) is 2.52. The molecule has 2 aromatic carbocycles. The smallest absolute Gasteiger partial charge is 0.170 e. The third-order valence-corrected chi connectivity index (χ3v) is 4.00. The zero-order chi connectivity index (χ0) is 15.0. The van der Waals surface area contributed by atoms with E-state index in [1.807, 2.05) is 0 Å². The fraction of sp³-hybridized carbons (Fsp3) is 0.125. The Morgan fingerprint density at radius 3 is 2.62 bits per heavy atom. The van der Waals surface area contributed by atoms with Crippen molar-refractivity contribution in [2.75, 3.05) is 0 Å². The Morgan fingerprint density at radius 1 is 1.10 bits per heavy atom. The molecule has 0 amide bonds. The largest absolute Gasteiger partial charge is 0.455 e. The van der Waals surface area contributed by atoms with Crippen molar-refractivity contribution in [2.45, 2.75) is 12.5 Å². The van der Waals surface area contributed by atoms with Crippen LogP contribution in [0.15, 0.2) is 46.9 Å². The zero-order valence-corrected chi connectivity index (χ0v) is 12.3. The molecule has 2 nitrogen and oxygen atoms in total. The van der Waals surface area contributed by atoms with Crippen molar-refractivity contribution >= 4 is 34.2 Å². The Labute approximate surface area is 130 Å². The lowest BCUT2D eigenvalue weighted by atomic mass is 10.1. The van der Waals surface area contributed by atoms with Gasteiger partial charge in [0.05, 0.1) is 10.0 Å². The molecule has 0 aliphatic heterocycles. The average molecular weight is 325 g/mol. The average Bonchev–Trinajstić information content (AvgIpc) is 2.89. The molecule has 0 aliphatic rings. The maximum atomic E-state index is 13.6. The van der Waals surface area contributed by atoms with Crippen molar-refractivity contribution in [1.82, 2.24) is 0 Å². The van der Waals surface area contributed by atoms with Gasteiger partial charge in [-0.2, -0.15) is 0 Å². The number of halogens is 3. The topological polar surface area (TPSA) is 33.4 Å². The fourth-order valence-electron chi connectivity index (χ4n) is 2.20. The summed E-state index contributed by atoms with van der Waals surface area (Å²) in [5, 5.41) is 11.7. The van der Waals surface area contributed by atoms with Crippen LogP contribution in [0.1, 0.15) is 17.4 Å². The minimum Gasteiger partial charge on any atom is -0.455 e. The standard InChI is InChI=1S/C16H11Cl2FO2/c17-11-5-4-9(6-12(11)18)7-14(20)15-8-10-2-1-3-13(19)16(10)21-15/h1-6,8,14,20H,7H2. The summed E-state index contributed by atoms with van der Waals surface area (Å²) >= 11 is 11.8. The van der Waals surface area contributed by atoms with Gasteiger partial charge in [0, 0.05) is 11.8 Å². The number of hydrogen-bond acceptors (Lipinski definition) is 2. The van der Waals surface area contributed by atoms with Gasteiger partial charge in [0.25, 0.3) is 0 Å². The van der Waals surface area contributed by atoms with E-state index in [1.165, 1.54) is 6.07 Å². The molecule has 0 bridgehead atoms. The number of hydrogen-bond donors (Lipinski definition) is 1. The van der Waals surface area contributed by atoms with Crippen LogP contribution in [0.3, 0.4) is 0 Å². The lowest BCUT2D eigenvalue weighted by Crippen LogP contribution is -2.00. The highest BCUT2D eigenvalue weighted by molar-refractivity contribution is 6.42. The molecule has 0 saturated carbocycles. The molecule has 1 N–H and O–H groups in total. The van der Waals surface area contributed by atoms with E-state index < -0.39 is 11.9 Å². The highest BCUT2D eigenvalue weighted by Gasteiger charge is 2.16. The van der Waals surface area contributed by atoms with Crippen LogP contribution in [0.4, 0.5) is 4.39 Å². The first-order valence-electron chi connectivity index (χ1n) is 6.34. The predicted octanol–water partition coefficient (Wildman–Crippen LogP) is 5.15. The first kappa shape index (κ1) is 14.4. The molecule has 3 aromatic rings. The first-order chi connectivity index (χ1) is 10.0. The molecule has 0 radical (unpaired) electrons. The Balaban J connectivity index is 1.87. The third-order valence-electron chi connectivity index (χ3n) is 3.26. The second kappa shape index (κ2) is 5.68. The summed E-state index contributed by atoms with van der Waals surface area (Å²) in [6, 6.07) is 11.4. The normalized spacial score (nSPS) is 12.8. The molecular weight excluding hydrogens is 314 g/mol. The molecule has 21 heavy (non-hydrogen) atoms. The lowest BCUT2D eigenvalue weighted by Gasteiger charge is -2.08. The van der Waals surface area contributed by atoms with E-state index in [0.29, 0.717) is 27.6 Å². The first-order valence-corrected chi connectivity index (χ1v) is 7.10. The second-order valence-corrected chi connectivity index (χ2v) is 5.59. The van der Waals surface area contributed by atoms with E-state index in [1.54, 1.807) is 36.4 Å².